The van der Waals surface area contributed by atoms with Gasteiger partial charge in [-0.25, -0.2) is 0 Å². The predicted octanol–water partition coefficient (Wildman–Crippen LogP) is 6.13. The Bertz CT molecular complexity index is 484. The van der Waals surface area contributed by atoms with Crippen molar-refractivity contribution >= 4 is 17.7 Å². The molecule has 5 nitrogen and oxygen atoms in total. The SMILES string of the molecule is CC[C@H](C(=O)OCCCCCCCCCCOC(=O)[C@@H](CC(C)=O)C(C)C)C(C)C. The maximum atomic E-state index is 12.1. The Morgan fingerprint density at radius 1 is 0.633 bits per heavy atom. The largest absolute Gasteiger partial charge is 0.465 e. The molecule has 176 valence electrons. The van der Waals surface area contributed by atoms with E-state index in [2.05, 4.69) is 13.8 Å². The standard InChI is InChI=1S/C25H46O5/c1-7-22(19(2)3)24(27)29-16-14-12-10-8-9-11-13-15-17-30-25(28)23(20(4)5)18-21(6)26/h19-20,22-23H,7-18H2,1-6H3/t22-,23-/m0/s1. The summed E-state index contributed by atoms with van der Waals surface area (Å²) in [6.45, 7) is 12.6. The van der Waals surface area contributed by atoms with E-state index >= 15 is 0 Å². The molecule has 0 aliphatic rings. The first-order valence-electron chi connectivity index (χ1n) is 12.0. The van der Waals surface area contributed by atoms with Crippen LogP contribution < -0.4 is 0 Å². The molecule has 2 atom stereocenters. The average molecular weight is 427 g/mol. The number of ketones is 1. The Balaban J connectivity index is 3.61. The predicted molar refractivity (Wildman–Crippen MR) is 121 cm³/mol. The van der Waals surface area contributed by atoms with E-state index in [0.29, 0.717) is 19.1 Å². The van der Waals surface area contributed by atoms with Crippen molar-refractivity contribution in [1.82, 2.24) is 0 Å². The lowest BCUT2D eigenvalue weighted by Gasteiger charge is -2.18. The van der Waals surface area contributed by atoms with Crippen molar-refractivity contribution in [2.75, 3.05) is 13.2 Å². The third-order valence-corrected chi connectivity index (χ3v) is 5.69. The topological polar surface area (TPSA) is 69.7 Å². The fourth-order valence-corrected chi connectivity index (χ4v) is 3.64. The number of unbranched alkanes of at least 4 members (excludes halogenated alkanes) is 7. The highest BCUT2D eigenvalue weighted by Crippen LogP contribution is 2.18. The van der Waals surface area contributed by atoms with Crippen molar-refractivity contribution in [3.8, 4) is 0 Å². The normalized spacial score (nSPS) is 13.3. The molecule has 30 heavy (non-hydrogen) atoms. The van der Waals surface area contributed by atoms with Crippen LogP contribution in [-0.2, 0) is 23.9 Å². The second-order valence-corrected chi connectivity index (χ2v) is 9.18. The molecule has 0 aliphatic carbocycles. The number of carbonyl (C=O) groups is 3. The highest BCUT2D eigenvalue weighted by atomic mass is 16.5. The molecular formula is C25H46O5. The molecule has 0 radical (unpaired) electrons. The van der Waals surface area contributed by atoms with Crippen molar-refractivity contribution < 1.29 is 23.9 Å². The van der Waals surface area contributed by atoms with E-state index in [9.17, 15) is 14.4 Å². The molecule has 0 saturated heterocycles. The van der Waals surface area contributed by atoms with Crippen LogP contribution >= 0.6 is 0 Å². The monoisotopic (exact) mass is 426 g/mol. The average Bonchev–Trinajstić information content (AvgIpc) is 2.66. The van der Waals surface area contributed by atoms with Gasteiger partial charge in [0.05, 0.1) is 25.0 Å². The van der Waals surface area contributed by atoms with E-state index in [1.165, 1.54) is 19.8 Å². The van der Waals surface area contributed by atoms with Gasteiger partial charge in [-0.2, -0.15) is 0 Å². The third-order valence-electron chi connectivity index (χ3n) is 5.69. The van der Waals surface area contributed by atoms with Gasteiger partial charge >= 0.3 is 11.9 Å². The lowest BCUT2D eigenvalue weighted by molar-refractivity contribution is -0.152. The molecule has 0 spiro atoms. The lowest BCUT2D eigenvalue weighted by atomic mass is 9.91. The molecule has 0 amide bonds. The van der Waals surface area contributed by atoms with Crippen LogP contribution in [0.3, 0.4) is 0 Å². The van der Waals surface area contributed by atoms with E-state index < -0.39 is 0 Å². The molecule has 5 heteroatoms. The van der Waals surface area contributed by atoms with E-state index in [-0.39, 0.29) is 41.9 Å². The fraction of sp³-hybridized carbons (Fsp3) is 0.880. The van der Waals surface area contributed by atoms with Gasteiger partial charge in [0.1, 0.15) is 5.78 Å². The Labute approximate surface area is 184 Å². The number of ether oxygens (including phenoxy) is 2. The molecular weight excluding hydrogens is 380 g/mol. The van der Waals surface area contributed by atoms with Gasteiger partial charge in [0, 0.05) is 6.42 Å². The summed E-state index contributed by atoms with van der Waals surface area (Å²) >= 11 is 0. The highest BCUT2D eigenvalue weighted by molar-refractivity contribution is 5.83. The molecule has 0 bridgehead atoms. The quantitative estimate of drug-likeness (QED) is 0.195. The van der Waals surface area contributed by atoms with Gasteiger partial charge in [0.2, 0.25) is 0 Å². The Hall–Kier alpha value is -1.39. The van der Waals surface area contributed by atoms with Gasteiger partial charge in [0.15, 0.2) is 0 Å². The smallest absolute Gasteiger partial charge is 0.309 e. The van der Waals surface area contributed by atoms with Crippen molar-refractivity contribution in [2.24, 2.45) is 23.7 Å². The number of Topliss-reactive ketones (excluding diaryl/α,β-unsaturated/α-hetero) is 1. The van der Waals surface area contributed by atoms with Crippen molar-refractivity contribution in [2.45, 2.75) is 106 Å². The van der Waals surface area contributed by atoms with Crippen molar-refractivity contribution in [1.29, 1.82) is 0 Å². The van der Waals surface area contributed by atoms with E-state index in [4.69, 9.17) is 9.47 Å². The van der Waals surface area contributed by atoms with E-state index in [1.54, 1.807) is 0 Å². The first-order chi connectivity index (χ1) is 14.2. The summed E-state index contributed by atoms with van der Waals surface area (Å²) in [6.07, 6.45) is 9.74. The summed E-state index contributed by atoms with van der Waals surface area (Å²) in [4.78, 5) is 35.4. The molecule has 0 aliphatic heterocycles. The van der Waals surface area contributed by atoms with Crippen LogP contribution in [0.15, 0.2) is 0 Å². The summed E-state index contributed by atoms with van der Waals surface area (Å²) in [5.74, 6) is -0.0932. The van der Waals surface area contributed by atoms with Gasteiger partial charge in [-0.05, 0) is 38.0 Å². The molecule has 0 saturated carbocycles. The zero-order valence-corrected chi connectivity index (χ0v) is 20.3. The van der Waals surface area contributed by atoms with Gasteiger partial charge in [-0.1, -0.05) is 73.1 Å². The maximum absolute atomic E-state index is 12.1. The minimum atomic E-state index is -0.319. The summed E-state index contributed by atoms with van der Waals surface area (Å²) < 4.78 is 10.8. The van der Waals surface area contributed by atoms with Gasteiger partial charge in [-0.3, -0.25) is 9.59 Å². The molecule has 0 fully saturated rings. The summed E-state index contributed by atoms with van der Waals surface area (Å²) in [6, 6.07) is 0. The summed E-state index contributed by atoms with van der Waals surface area (Å²) in [5.41, 5.74) is 0. The van der Waals surface area contributed by atoms with Gasteiger partial charge < -0.3 is 14.3 Å². The molecule has 0 heterocycles. The van der Waals surface area contributed by atoms with Crippen LogP contribution in [0.4, 0.5) is 0 Å². The van der Waals surface area contributed by atoms with Crippen LogP contribution in [-0.4, -0.2) is 30.9 Å². The minimum Gasteiger partial charge on any atom is -0.465 e. The van der Waals surface area contributed by atoms with Crippen molar-refractivity contribution in [3.63, 3.8) is 0 Å². The van der Waals surface area contributed by atoms with Crippen LogP contribution in [0.5, 0.6) is 0 Å². The van der Waals surface area contributed by atoms with E-state index in [1.807, 2.05) is 20.8 Å². The Kier molecular flexibility index (Phi) is 16.5. The molecule has 0 aromatic carbocycles. The number of hydrogen-bond donors (Lipinski definition) is 0. The fourth-order valence-electron chi connectivity index (χ4n) is 3.64. The maximum Gasteiger partial charge on any atom is 0.309 e. The minimum absolute atomic E-state index is 0.0228. The third kappa shape index (κ3) is 13.8. The number of esters is 2. The second-order valence-electron chi connectivity index (χ2n) is 9.18. The highest BCUT2D eigenvalue weighted by Gasteiger charge is 2.25. The number of carbonyl (C=O) groups excluding carboxylic acids is 3. The molecule has 0 rings (SSSR count). The molecule has 0 unspecified atom stereocenters. The number of hydrogen-bond acceptors (Lipinski definition) is 5. The van der Waals surface area contributed by atoms with Gasteiger partial charge in [0.25, 0.3) is 0 Å². The number of rotatable bonds is 18. The first-order valence-corrected chi connectivity index (χ1v) is 12.0. The zero-order chi connectivity index (χ0) is 22.9. The lowest BCUT2D eigenvalue weighted by Crippen LogP contribution is -2.25. The van der Waals surface area contributed by atoms with Crippen LogP contribution in [0.2, 0.25) is 0 Å². The summed E-state index contributed by atoms with van der Waals surface area (Å²) in [5, 5.41) is 0. The Morgan fingerprint density at radius 2 is 1.00 bits per heavy atom. The molecule has 0 aromatic rings. The first kappa shape index (κ1) is 28.6. The van der Waals surface area contributed by atoms with Gasteiger partial charge in [-0.15, -0.1) is 0 Å². The summed E-state index contributed by atoms with van der Waals surface area (Å²) in [7, 11) is 0. The Morgan fingerprint density at radius 3 is 1.33 bits per heavy atom. The van der Waals surface area contributed by atoms with E-state index in [0.717, 1.165) is 44.9 Å². The second kappa shape index (κ2) is 17.3. The molecule has 0 N–H and O–H groups in total. The van der Waals surface area contributed by atoms with Crippen LogP contribution in [0.25, 0.3) is 0 Å². The van der Waals surface area contributed by atoms with Crippen LogP contribution in [0.1, 0.15) is 106 Å². The van der Waals surface area contributed by atoms with Crippen LogP contribution in [0, 0.1) is 23.7 Å². The zero-order valence-electron chi connectivity index (χ0n) is 20.3. The molecule has 0 aromatic heterocycles. The van der Waals surface area contributed by atoms with Crippen molar-refractivity contribution in [3.05, 3.63) is 0 Å².